The molecule has 218 valence electrons. The second-order valence-corrected chi connectivity index (χ2v) is 12.2. The van der Waals surface area contributed by atoms with Crippen molar-refractivity contribution in [2.75, 3.05) is 24.6 Å². The van der Waals surface area contributed by atoms with Gasteiger partial charge in [-0.3, -0.25) is 9.10 Å². The molecule has 1 amide bonds. The highest BCUT2D eigenvalue weighted by Gasteiger charge is 2.29. The number of anilines is 1. The van der Waals surface area contributed by atoms with Gasteiger partial charge in [0.05, 0.1) is 23.9 Å². The highest BCUT2D eigenvalue weighted by Crippen LogP contribution is 2.34. The molecule has 0 radical (unpaired) electrons. The first kappa shape index (κ1) is 31.4. The molecule has 0 unspecified atom stereocenters. The van der Waals surface area contributed by atoms with Crippen molar-refractivity contribution in [2.24, 2.45) is 5.10 Å². The molecule has 41 heavy (non-hydrogen) atoms. The minimum Gasteiger partial charge on any atom is -0.495 e. The fraction of sp³-hybridized carbons (Fsp3) is 0.276. The predicted molar refractivity (Wildman–Crippen MR) is 157 cm³/mol. The summed E-state index contributed by atoms with van der Waals surface area (Å²) in [4.78, 5) is 24.7. The zero-order chi connectivity index (χ0) is 30.2. The topological polar surface area (TPSA) is 124 Å². The van der Waals surface area contributed by atoms with E-state index in [2.05, 4.69) is 10.5 Å². The number of hydrazone groups is 1. The van der Waals surface area contributed by atoms with Crippen molar-refractivity contribution >= 4 is 45.4 Å². The van der Waals surface area contributed by atoms with Gasteiger partial charge in [0.15, 0.2) is 6.61 Å². The molecule has 1 N–H and O–H groups in total. The van der Waals surface area contributed by atoms with E-state index in [0.29, 0.717) is 11.3 Å². The lowest BCUT2D eigenvalue weighted by atomic mass is 10.2. The summed E-state index contributed by atoms with van der Waals surface area (Å²) in [6.45, 7) is 6.32. The summed E-state index contributed by atoms with van der Waals surface area (Å²) >= 11 is 6.16. The van der Waals surface area contributed by atoms with Gasteiger partial charge in [0.1, 0.15) is 23.6 Å². The number of benzene rings is 3. The molecule has 0 aliphatic heterocycles. The number of sulfonamides is 1. The number of hydrogen-bond acceptors (Lipinski definition) is 8. The van der Waals surface area contributed by atoms with Gasteiger partial charge in [-0.05, 0) is 87.9 Å². The van der Waals surface area contributed by atoms with Crippen LogP contribution in [0.4, 0.5) is 5.69 Å². The van der Waals surface area contributed by atoms with Gasteiger partial charge in [-0.25, -0.2) is 18.6 Å². The fourth-order valence-corrected chi connectivity index (χ4v) is 5.09. The van der Waals surface area contributed by atoms with Crippen LogP contribution in [0.5, 0.6) is 11.5 Å². The van der Waals surface area contributed by atoms with Crippen LogP contribution in [0, 0.1) is 6.92 Å². The van der Waals surface area contributed by atoms with Crippen LogP contribution in [-0.4, -0.2) is 52.4 Å². The Morgan fingerprint density at radius 1 is 1.02 bits per heavy atom. The van der Waals surface area contributed by atoms with Gasteiger partial charge in [0.25, 0.3) is 15.9 Å². The van der Waals surface area contributed by atoms with E-state index >= 15 is 0 Å². The first-order valence-corrected chi connectivity index (χ1v) is 14.3. The minimum absolute atomic E-state index is 0.00425. The minimum atomic E-state index is -4.18. The third-order valence-electron chi connectivity index (χ3n) is 5.37. The van der Waals surface area contributed by atoms with Crippen molar-refractivity contribution in [3.05, 3.63) is 82.9 Å². The van der Waals surface area contributed by atoms with Gasteiger partial charge in [-0.15, -0.1) is 0 Å². The first-order chi connectivity index (χ1) is 19.3. The summed E-state index contributed by atoms with van der Waals surface area (Å²) in [5.74, 6) is -0.518. The maximum atomic E-state index is 13.6. The molecule has 0 aliphatic carbocycles. The van der Waals surface area contributed by atoms with Crippen molar-refractivity contribution in [1.29, 1.82) is 0 Å². The van der Waals surface area contributed by atoms with Crippen molar-refractivity contribution in [3.8, 4) is 11.5 Å². The largest absolute Gasteiger partial charge is 0.495 e. The number of nitrogens with one attached hydrogen (secondary N) is 1. The molecule has 3 aromatic rings. The number of nitrogens with zero attached hydrogens (tertiary/aromatic N) is 2. The molecule has 0 aromatic heterocycles. The van der Waals surface area contributed by atoms with E-state index in [0.717, 1.165) is 9.87 Å². The van der Waals surface area contributed by atoms with E-state index in [1.54, 1.807) is 63.2 Å². The van der Waals surface area contributed by atoms with E-state index in [1.807, 2.05) is 6.92 Å². The van der Waals surface area contributed by atoms with E-state index in [4.69, 9.17) is 25.8 Å². The molecule has 10 nitrogen and oxygen atoms in total. The number of carbonyl (C=O) groups excluding carboxylic acids is 2. The number of carbonyl (C=O) groups is 2. The van der Waals surface area contributed by atoms with Crippen LogP contribution in [0.25, 0.3) is 0 Å². The first-order valence-electron chi connectivity index (χ1n) is 12.5. The summed E-state index contributed by atoms with van der Waals surface area (Å²) in [5, 5.41) is 4.21. The molecule has 0 bridgehead atoms. The van der Waals surface area contributed by atoms with E-state index in [-0.39, 0.29) is 28.0 Å². The molecule has 0 spiro atoms. The summed E-state index contributed by atoms with van der Waals surface area (Å²) in [5.41, 5.74) is 3.35. The monoisotopic (exact) mass is 601 g/mol. The number of esters is 1. The van der Waals surface area contributed by atoms with Crippen molar-refractivity contribution in [3.63, 3.8) is 0 Å². The molecule has 0 heterocycles. The Hall–Kier alpha value is -4.09. The lowest BCUT2D eigenvalue weighted by Gasteiger charge is -2.25. The highest BCUT2D eigenvalue weighted by molar-refractivity contribution is 7.92. The van der Waals surface area contributed by atoms with Gasteiger partial charge >= 0.3 is 5.97 Å². The number of methoxy groups -OCH3 is 1. The van der Waals surface area contributed by atoms with Crippen LogP contribution in [-0.2, 0) is 24.3 Å². The van der Waals surface area contributed by atoms with Crippen LogP contribution >= 0.6 is 11.6 Å². The number of rotatable bonds is 11. The Bertz CT molecular complexity index is 1500. The third kappa shape index (κ3) is 9.22. The normalized spacial score (nSPS) is 11.7. The lowest BCUT2D eigenvalue weighted by molar-refractivity contribution is -0.157. The van der Waals surface area contributed by atoms with Crippen LogP contribution in [0.15, 0.2) is 76.7 Å². The maximum Gasteiger partial charge on any atom is 0.344 e. The second-order valence-electron chi connectivity index (χ2n) is 9.88. The third-order valence-corrected chi connectivity index (χ3v) is 7.37. The van der Waals surface area contributed by atoms with Crippen molar-refractivity contribution in [2.45, 2.75) is 38.2 Å². The molecule has 12 heteroatoms. The Morgan fingerprint density at radius 2 is 1.68 bits per heavy atom. The SMILES string of the molecule is COc1ccc(Cl)cc1N(CC(=O)N/N=C\c1ccc(OCC(=O)OC(C)(C)C)cc1)S(=O)(=O)c1ccc(C)cc1. The van der Waals surface area contributed by atoms with E-state index < -0.39 is 34.0 Å². The van der Waals surface area contributed by atoms with Crippen molar-refractivity contribution < 1.29 is 32.2 Å². The maximum absolute atomic E-state index is 13.6. The Labute approximate surface area is 244 Å². The molecule has 0 atom stereocenters. The Balaban J connectivity index is 1.72. The molecular weight excluding hydrogens is 570 g/mol. The highest BCUT2D eigenvalue weighted by atomic mass is 35.5. The average Bonchev–Trinajstić information content (AvgIpc) is 2.90. The van der Waals surface area contributed by atoms with Gasteiger partial charge < -0.3 is 14.2 Å². The molecule has 0 aliphatic rings. The summed E-state index contributed by atoms with van der Waals surface area (Å²) in [7, 11) is -2.79. The smallest absolute Gasteiger partial charge is 0.344 e. The Morgan fingerprint density at radius 3 is 2.29 bits per heavy atom. The molecule has 0 saturated carbocycles. The van der Waals surface area contributed by atoms with Gasteiger partial charge in [-0.1, -0.05) is 29.3 Å². The predicted octanol–water partition coefficient (Wildman–Crippen LogP) is 4.72. The van der Waals surface area contributed by atoms with Crippen LogP contribution in [0.1, 0.15) is 31.9 Å². The number of halogens is 1. The number of amides is 1. The van der Waals surface area contributed by atoms with Crippen LogP contribution in [0.3, 0.4) is 0 Å². The molecule has 3 rings (SSSR count). The van der Waals surface area contributed by atoms with Crippen LogP contribution in [0.2, 0.25) is 5.02 Å². The number of hydrogen-bond donors (Lipinski definition) is 1. The number of aryl methyl sites for hydroxylation is 1. The molecular formula is C29H32ClN3O7S. The van der Waals surface area contributed by atoms with Gasteiger partial charge in [0, 0.05) is 5.02 Å². The van der Waals surface area contributed by atoms with Crippen molar-refractivity contribution in [1.82, 2.24) is 5.43 Å². The van der Waals surface area contributed by atoms with Gasteiger partial charge in [-0.2, -0.15) is 5.10 Å². The molecule has 0 saturated heterocycles. The quantitative estimate of drug-likeness (QED) is 0.192. The fourth-order valence-electron chi connectivity index (χ4n) is 3.50. The summed E-state index contributed by atoms with van der Waals surface area (Å²) in [6.07, 6.45) is 1.38. The molecule has 0 fully saturated rings. The standard InChI is InChI=1S/C29H32ClN3O7S/c1-20-6-13-24(14-7-20)41(36,37)33(25-16-22(30)10-15-26(25)38-5)18-27(34)32-31-17-21-8-11-23(12-9-21)39-19-28(35)40-29(2,3)4/h6-17H,18-19H2,1-5H3,(H,32,34)/b31-17-. The summed E-state index contributed by atoms with van der Waals surface area (Å²) < 4.78 is 44.1. The average molecular weight is 602 g/mol. The van der Waals surface area contributed by atoms with E-state index in [1.165, 1.54) is 37.6 Å². The van der Waals surface area contributed by atoms with Gasteiger partial charge in [0.2, 0.25) is 0 Å². The second kappa shape index (κ2) is 13.5. The number of ether oxygens (including phenoxy) is 3. The van der Waals surface area contributed by atoms with Crippen LogP contribution < -0.4 is 19.2 Å². The lowest BCUT2D eigenvalue weighted by Crippen LogP contribution is -2.39. The summed E-state index contributed by atoms with van der Waals surface area (Å²) in [6, 6.07) is 17.4. The molecule has 3 aromatic carbocycles. The zero-order valence-corrected chi connectivity index (χ0v) is 25.0. The van der Waals surface area contributed by atoms with E-state index in [9.17, 15) is 18.0 Å². The Kier molecular flexibility index (Phi) is 10.4. The zero-order valence-electron chi connectivity index (χ0n) is 23.4.